The normalized spacial score (nSPS) is 11.1. The number of hydrogen-bond donors (Lipinski definition) is 1. The number of pyridine rings is 1. The van der Waals surface area contributed by atoms with E-state index < -0.39 is 39.3 Å². The van der Waals surface area contributed by atoms with Gasteiger partial charge in [-0.1, -0.05) is 0 Å². The van der Waals surface area contributed by atoms with Crippen molar-refractivity contribution in [3.8, 4) is 0 Å². The minimum Gasteiger partial charge on any atom is -0.466 e. The van der Waals surface area contributed by atoms with Crippen molar-refractivity contribution in [3.63, 3.8) is 0 Å². The van der Waals surface area contributed by atoms with E-state index in [2.05, 4.69) is 9.72 Å². The van der Waals surface area contributed by atoms with E-state index in [1.807, 2.05) is 4.72 Å². The van der Waals surface area contributed by atoms with E-state index >= 15 is 0 Å². The molecule has 6 nitrogen and oxygen atoms in total. The van der Waals surface area contributed by atoms with Gasteiger partial charge < -0.3 is 4.74 Å². The number of rotatable bonds is 6. The van der Waals surface area contributed by atoms with Crippen molar-refractivity contribution in [2.75, 3.05) is 17.1 Å². The Morgan fingerprint density at radius 3 is 2.68 bits per heavy atom. The number of halogens is 2. The molecule has 1 aromatic rings. The van der Waals surface area contributed by atoms with Crippen LogP contribution in [0.15, 0.2) is 12.1 Å². The lowest BCUT2D eigenvalue weighted by molar-refractivity contribution is -0.142. The molecule has 1 N–H and O–H groups in total. The summed E-state index contributed by atoms with van der Waals surface area (Å²) in [6.45, 7) is 1.73. The van der Waals surface area contributed by atoms with Gasteiger partial charge in [0.05, 0.1) is 18.8 Å². The summed E-state index contributed by atoms with van der Waals surface area (Å²) in [5.74, 6) is -3.58. The zero-order chi connectivity index (χ0) is 14.5. The number of sulfonamides is 1. The van der Waals surface area contributed by atoms with Crippen molar-refractivity contribution in [2.45, 2.75) is 13.3 Å². The predicted molar refractivity (Wildman–Crippen MR) is 62.8 cm³/mol. The Kier molecular flexibility index (Phi) is 5.16. The number of anilines is 1. The van der Waals surface area contributed by atoms with Crippen LogP contribution in [0.5, 0.6) is 0 Å². The summed E-state index contributed by atoms with van der Waals surface area (Å²) < 4.78 is 55.2. The second-order valence-electron chi connectivity index (χ2n) is 3.45. The number of carbonyl (C=O) groups excluding carboxylic acids is 1. The van der Waals surface area contributed by atoms with Crippen molar-refractivity contribution in [1.29, 1.82) is 0 Å². The largest absolute Gasteiger partial charge is 0.466 e. The summed E-state index contributed by atoms with van der Waals surface area (Å²) in [7, 11) is -3.94. The number of nitrogens with one attached hydrogen (secondary N) is 1. The van der Waals surface area contributed by atoms with E-state index in [0.29, 0.717) is 0 Å². The number of nitrogens with zero attached hydrogens (tertiary/aromatic N) is 1. The second kappa shape index (κ2) is 6.41. The average Bonchev–Trinajstić information content (AvgIpc) is 2.31. The van der Waals surface area contributed by atoms with E-state index in [4.69, 9.17) is 0 Å². The first-order chi connectivity index (χ1) is 8.84. The maximum absolute atomic E-state index is 13.1. The molecule has 0 saturated carbocycles. The first-order valence-electron chi connectivity index (χ1n) is 5.32. The smallest absolute Gasteiger partial charge is 0.306 e. The molecular weight excluding hydrogens is 282 g/mol. The van der Waals surface area contributed by atoms with E-state index in [9.17, 15) is 22.0 Å². The molecule has 0 unspecified atom stereocenters. The molecule has 0 aliphatic rings. The summed E-state index contributed by atoms with van der Waals surface area (Å²) in [6, 6.07) is 1.71. The Bertz CT molecular complexity index is 563. The van der Waals surface area contributed by atoms with Gasteiger partial charge >= 0.3 is 5.97 Å². The third-order valence-corrected chi connectivity index (χ3v) is 3.23. The molecule has 0 aliphatic heterocycles. The number of carbonyl (C=O) groups is 1. The van der Waals surface area contributed by atoms with Gasteiger partial charge in [0.15, 0.2) is 0 Å². The van der Waals surface area contributed by atoms with Crippen LogP contribution in [0.4, 0.5) is 14.5 Å². The van der Waals surface area contributed by atoms with Gasteiger partial charge in [-0.3, -0.25) is 9.52 Å². The lowest BCUT2D eigenvalue weighted by Gasteiger charge is -2.08. The molecule has 9 heteroatoms. The monoisotopic (exact) mass is 294 g/mol. The molecule has 0 saturated heterocycles. The van der Waals surface area contributed by atoms with Crippen molar-refractivity contribution in [2.24, 2.45) is 0 Å². The van der Waals surface area contributed by atoms with Crippen LogP contribution in [0.1, 0.15) is 13.3 Å². The Morgan fingerprint density at radius 1 is 1.42 bits per heavy atom. The second-order valence-corrected chi connectivity index (χ2v) is 5.29. The minimum absolute atomic E-state index is 0.142. The fourth-order valence-corrected chi connectivity index (χ4v) is 2.18. The van der Waals surface area contributed by atoms with Crippen LogP contribution in [0, 0.1) is 11.9 Å². The maximum Gasteiger partial charge on any atom is 0.306 e. The molecule has 0 amide bonds. The van der Waals surface area contributed by atoms with Crippen molar-refractivity contribution < 1.29 is 26.7 Å². The highest BCUT2D eigenvalue weighted by Crippen LogP contribution is 2.13. The van der Waals surface area contributed by atoms with Gasteiger partial charge in [0, 0.05) is 0 Å². The zero-order valence-electron chi connectivity index (χ0n) is 10.0. The molecule has 1 heterocycles. The maximum atomic E-state index is 13.1. The highest BCUT2D eigenvalue weighted by molar-refractivity contribution is 7.92. The molecule has 0 atom stereocenters. The first kappa shape index (κ1) is 15.3. The molecule has 106 valence electrons. The minimum atomic E-state index is -3.94. The summed E-state index contributed by atoms with van der Waals surface area (Å²) in [5, 5.41) is 0. The lowest BCUT2D eigenvalue weighted by atomic mass is 10.4. The average molecular weight is 294 g/mol. The van der Waals surface area contributed by atoms with Gasteiger partial charge in [-0.25, -0.2) is 8.42 Å². The first-order valence-corrected chi connectivity index (χ1v) is 6.97. The van der Waals surface area contributed by atoms with Gasteiger partial charge in [0.25, 0.3) is 0 Å². The zero-order valence-corrected chi connectivity index (χ0v) is 10.8. The van der Waals surface area contributed by atoms with Crippen LogP contribution >= 0.6 is 0 Å². The van der Waals surface area contributed by atoms with E-state index in [0.717, 1.165) is 12.1 Å². The molecule has 0 radical (unpaired) electrons. The Hall–Kier alpha value is -1.77. The van der Waals surface area contributed by atoms with Crippen molar-refractivity contribution in [3.05, 3.63) is 24.0 Å². The van der Waals surface area contributed by atoms with Crippen LogP contribution in [-0.4, -0.2) is 31.7 Å². The molecule has 19 heavy (non-hydrogen) atoms. The summed E-state index contributed by atoms with van der Waals surface area (Å²) in [5.41, 5.74) is -0.481. The van der Waals surface area contributed by atoms with Gasteiger partial charge in [-0.2, -0.15) is 13.8 Å². The SMILES string of the molecule is CCOC(=O)CCS(=O)(=O)Nc1ccc(F)nc1F. The van der Waals surface area contributed by atoms with Crippen LogP contribution in [-0.2, 0) is 19.6 Å². The lowest BCUT2D eigenvalue weighted by Crippen LogP contribution is -2.20. The molecular formula is C10H12F2N2O4S. The van der Waals surface area contributed by atoms with Crippen LogP contribution < -0.4 is 4.72 Å². The molecule has 0 fully saturated rings. The third-order valence-electron chi connectivity index (χ3n) is 1.96. The quantitative estimate of drug-likeness (QED) is 0.626. The van der Waals surface area contributed by atoms with Crippen LogP contribution in [0.3, 0.4) is 0 Å². The fraction of sp³-hybridized carbons (Fsp3) is 0.400. The number of aromatic nitrogens is 1. The molecule has 0 aliphatic carbocycles. The Labute approximate surface area is 108 Å². The molecule has 0 spiro atoms. The van der Waals surface area contributed by atoms with Gasteiger partial charge in [-0.15, -0.1) is 0 Å². The molecule has 0 aromatic carbocycles. The predicted octanol–water partition coefficient (Wildman–Crippen LogP) is 1.05. The summed E-state index contributed by atoms with van der Waals surface area (Å²) >= 11 is 0. The van der Waals surface area contributed by atoms with Crippen molar-refractivity contribution >= 4 is 21.7 Å². The van der Waals surface area contributed by atoms with Gasteiger partial charge in [-0.05, 0) is 19.1 Å². The highest BCUT2D eigenvalue weighted by atomic mass is 32.2. The van der Waals surface area contributed by atoms with E-state index in [-0.39, 0.29) is 13.0 Å². The Balaban J connectivity index is 2.66. The molecule has 0 bridgehead atoms. The molecule has 1 rings (SSSR count). The van der Waals surface area contributed by atoms with Crippen LogP contribution in [0.25, 0.3) is 0 Å². The number of hydrogen-bond acceptors (Lipinski definition) is 5. The van der Waals surface area contributed by atoms with Gasteiger partial charge in [0.2, 0.25) is 21.9 Å². The fourth-order valence-electron chi connectivity index (χ4n) is 1.16. The standard InChI is InChI=1S/C10H12F2N2O4S/c1-2-18-9(15)5-6-19(16,17)14-7-3-4-8(11)13-10(7)12/h3-4,14H,2,5-6H2,1H3. The number of ether oxygens (including phenoxy) is 1. The highest BCUT2D eigenvalue weighted by Gasteiger charge is 2.16. The third kappa shape index (κ3) is 5.16. The van der Waals surface area contributed by atoms with Gasteiger partial charge in [0.1, 0.15) is 5.69 Å². The van der Waals surface area contributed by atoms with E-state index in [1.54, 1.807) is 6.92 Å². The Morgan fingerprint density at radius 2 is 2.11 bits per heavy atom. The van der Waals surface area contributed by atoms with E-state index in [1.165, 1.54) is 0 Å². The molecule has 1 aromatic heterocycles. The number of esters is 1. The van der Waals surface area contributed by atoms with Crippen LogP contribution in [0.2, 0.25) is 0 Å². The summed E-state index contributed by atoms with van der Waals surface area (Å²) in [4.78, 5) is 13.8. The summed E-state index contributed by atoms with van der Waals surface area (Å²) in [6.07, 6.45) is -0.362. The van der Waals surface area contributed by atoms with Crippen molar-refractivity contribution in [1.82, 2.24) is 4.98 Å². The topological polar surface area (TPSA) is 85.4 Å².